The first-order chi connectivity index (χ1) is 22.7. The Morgan fingerprint density at radius 3 is 1.93 bits per heavy atom. The molecule has 0 saturated heterocycles. The maximum Gasteiger partial charge on any atom is 0.115 e. The van der Waals surface area contributed by atoms with E-state index in [1.807, 2.05) is 22.7 Å². The van der Waals surface area contributed by atoms with Crippen LogP contribution >= 0.6 is 22.7 Å². The average Bonchev–Trinajstić information content (AvgIpc) is 3.77. The van der Waals surface area contributed by atoms with Gasteiger partial charge in [0, 0.05) is 46.9 Å². The van der Waals surface area contributed by atoms with Gasteiger partial charge in [-0.1, -0.05) is 97.1 Å². The van der Waals surface area contributed by atoms with Crippen LogP contribution < -0.4 is 0 Å². The predicted molar refractivity (Wildman–Crippen MR) is 202 cm³/mol. The van der Waals surface area contributed by atoms with E-state index in [0.717, 1.165) is 11.4 Å². The lowest BCUT2D eigenvalue weighted by Gasteiger charge is -2.14. The van der Waals surface area contributed by atoms with E-state index in [2.05, 4.69) is 151 Å². The van der Waals surface area contributed by atoms with Gasteiger partial charge in [-0.05, 0) is 66.2 Å². The van der Waals surface area contributed by atoms with Crippen LogP contribution in [0.5, 0.6) is 0 Å². The second-order valence-electron chi connectivity index (χ2n) is 11.5. The third-order valence-electron chi connectivity index (χ3n) is 8.87. The van der Waals surface area contributed by atoms with Crippen LogP contribution in [-0.4, -0.2) is 17.6 Å². The standard InChI is InChI=1S/C41H27N3S2/c1-25-38(43-24-42-2)37-40-36(32-18-10-12-20-34(32)46-40)35-31-17-9-11-19-33(31)44(39(35)41(37)45-25)30-22-28(26-13-5-3-6-14-26)21-29(23-30)27-15-7-4-8-16-27/h3-24H,2H2,1H3. The third-order valence-corrected chi connectivity index (χ3v) is 11.2. The molecule has 0 aliphatic heterocycles. The zero-order chi connectivity index (χ0) is 30.8. The van der Waals surface area contributed by atoms with Crippen molar-refractivity contribution in [3.63, 3.8) is 0 Å². The lowest BCUT2D eigenvalue weighted by Crippen LogP contribution is -1.96. The minimum atomic E-state index is 0.977. The van der Waals surface area contributed by atoms with Crippen LogP contribution in [0.2, 0.25) is 0 Å². The Bertz CT molecular complexity index is 2600. The molecule has 3 nitrogen and oxygen atoms in total. The number of aliphatic imine (C=N–C) groups is 2. The van der Waals surface area contributed by atoms with Crippen LogP contribution in [-0.2, 0) is 0 Å². The third kappa shape index (κ3) is 4.02. The number of nitrogens with zero attached hydrogens (tertiary/aromatic N) is 3. The zero-order valence-electron chi connectivity index (χ0n) is 25.1. The van der Waals surface area contributed by atoms with Gasteiger partial charge in [0.05, 0.1) is 21.4 Å². The van der Waals surface area contributed by atoms with Gasteiger partial charge in [0.15, 0.2) is 0 Å². The lowest BCUT2D eigenvalue weighted by molar-refractivity contribution is 1.19. The molecule has 9 aromatic rings. The van der Waals surface area contributed by atoms with E-state index in [1.54, 1.807) is 6.34 Å². The molecule has 3 aromatic heterocycles. The molecule has 6 aromatic carbocycles. The summed E-state index contributed by atoms with van der Waals surface area (Å²) in [6.07, 6.45) is 1.57. The first-order valence-corrected chi connectivity index (χ1v) is 16.9. The fourth-order valence-electron chi connectivity index (χ4n) is 6.95. The summed E-state index contributed by atoms with van der Waals surface area (Å²) >= 11 is 3.68. The van der Waals surface area contributed by atoms with Crippen molar-refractivity contribution in [3.05, 3.63) is 132 Å². The van der Waals surface area contributed by atoms with Gasteiger partial charge >= 0.3 is 0 Å². The topological polar surface area (TPSA) is 29.6 Å². The first-order valence-electron chi connectivity index (χ1n) is 15.3. The summed E-state index contributed by atoms with van der Waals surface area (Å²) in [6, 6.07) is 46.0. The molecule has 0 radical (unpaired) electrons. The number of benzene rings is 6. The number of thiophene rings is 2. The van der Waals surface area contributed by atoms with E-state index in [4.69, 9.17) is 4.99 Å². The molecule has 218 valence electrons. The van der Waals surface area contributed by atoms with Gasteiger partial charge in [0.2, 0.25) is 0 Å². The molecule has 0 spiro atoms. The highest BCUT2D eigenvalue weighted by Gasteiger charge is 2.25. The summed E-state index contributed by atoms with van der Waals surface area (Å²) in [5.41, 5.74) is 9.28. The lowest BCUT2D eigenvalue weighted by atomic mass is 9.98. The number of hydrogen-bond donors (Lipinski definition) is 0. The van der Waals surface area contributed by atoms with Crippen molar-refractivity contribution in [2.24, 2.45) is 9.98 Å². The smallest absolute Gasteiger partial charge is 0.115 e. The summed E-state index contributed by atoms with van der Waals surface area (Å²) in [6.45, 7) is 5.84. The normalized spacial score (nSPS) is 12.0. The van der Waals surface area contributed by atoms with Crippen molar-refractivity contribution in [1.82, 2.24) is 4.57 Å². The molecule has 0 bridgehead atoms. The quantitative estimate of drug-likeness (QED) is 0.135. The number of aryl methyl sites for hydroxylation is 1. The molecule has 0 atom stereocenters. The van der Waals surface area contributed by atoms with Gasteiger partial charge in [-0.3, -0.25) is 4.99 Å². The number of fused-ring (bicyclic) bond motifs is 10. The highest BCUT2D eigenvalue weighted by molar-refractivity contribution is 7.28. The largest absolute Gasteiger partial charge is 0.308 e. The molecule has 46 heavy (non-hydrogen) atoms. The molecule has 0 aliphatic rings. The molecule has 0 saturated carbocycles. The minimum absolute atomic E-state index is 0.977. The Balaban J connectivity index is 1.51. The van der Waals surface area contributed by atoms with Crippen molar-refractivity contribution < 1.29 is 0 Å². The monoisotopic (exact) mass is 625 g/mol. The zero-order valence-corrected chi connectivity index (χ0v) is 26.7. The maximum absolute atomic E-state index is 4.86. The summed E-state index contributed by atoms with van der Waals surface area (Å²) in [7, 11) is 0. The number of para-hydroxylation sites is 1. The summed E-state index contributed by atoms with van der Waals surface area (Å²) in [5.74, 6) is 0. The number of rotatable bonds is 5. The van der Waals surface area contributed by atoms with Crippen LogP contribution in [0.1, 0.15) is 4.88 Å². The van der Waals surface area contributed by atoms with Crippen LogP contribution in [0.15, 0.2) is 137 Å². The summed E-state index contributed by atoms with van der Waals surface area (Å²) < 4.78 is 6.29. The number of hydrogen-bond acceptors (Lipinski definition) is 3. The molecule has 5 heteroatoms. The van der Waals surface area contributed by atoms with E-state index in [9.17, 15) is 0 Å². The summed E-state index contributed by atoms with van der Waals surface area (Å²) in [4.78, 5) is 10.0. The van der Waals surface area contributed by atoms with Crippen LogP contribution in [0.4, 0.5) is 5.69 Å². The van der Waals surface area contributed by atoms with Crippen LogP contribution in [0.25, 0.3) is 80.0 Å². The van der Waals surface area contributed by atoms with Crippen molar-refractivity contribution >= 4 is 93.5 Å². The second kappa shape index (κ2) is 10.6. The van der Waals surface area contributed by atoms with Crippen LogP contribution in [0, 0.1) is 6.92 Å². The highest BCUT2D eigenvalue weighted by Crippen LogP contribution is 2.53. The second-order valence-corrected chi connectivity index (χ2v) is 13.8. The Kier molecular flexibility index (Phi) is 6.23. The molecule has 0 amide bonds. The van der Waals surface area contributed by atoms with Gasteiger partial charge in [0.25, 0.3) is 0 Å². The Hall–Kier alpha value is -5.36. The highest BCUT2D eigenvalue weighted by atomic mass is 32.1. The molecule has 0 fully saturated rings. The Morgan fingerprint density at radius 2 is 1.24 bits per heavy atom. The van der Waals surface area contributed by atoms with Crippen molar-refractivity contribution in [1.29, 1.82) is 0 Å². The maximum atomic E-state index is 4.86. The minimum Gasteiger partial charge on any atom is -0.308 e. The first kappa shape index (κ1) is 27.0. The van der Waals surface area contributed by atoms with E-state index >= 15 is 0 Å². The molecule has 3 heterocycles. The molecule has 0 aliphatic carbocycles. The molecular formula is C41H27N3S2. The van der Waals surface area contributed by atoms with E-state index in [0.29, 0.717) is 0 Å². The van der Waals surface area contributed by atoms with E-state index in [1.165, 1.54) is 79.2 Å². The fraction of sp³-hybridized carbons (Fsp3) is 0.0244. The SMILES string of the molecule is C=NC=Nc1c(C)sc2c1c1sc3ccccc3c1c1c3ccccc3n(-c3cc(-c4ccccc4)cc(-c4ccccc4)c3)c21. The van der Waals surface area contributed by atoms with Gasteiger partial charge in [-0.25, -0.2) is 4.99 Å². The molecule has 0 unspecified atom stereocenters. The number of aromatic nitrogens is 1. The van der Waals surface area contributed by atoms with Crippen LogP contribution in [0.3, 0.4) is 0 Å². The fourth-order valence-corrected chi connectivity index (χ4v) is 9.42. The average molecular weight is 626 g/mol. The van der Waals surface area contributed by atoms with Gasteiger partial charge in [-0.15, -0.1) is 22.7 Å². The van der Waals surface area contributed by atoms with Crippen molar-refractivity contribution in [2.75, 3.05) is 0 Å². The van der Waals surface area contributed by atoms with E-state index < -0.39 is 0 Å². The Morgan fingerprint density at radius 1 is 0.609 bits per heavy atom. The van der Waals surface area contributed by atoms with Crippen molar-refractivity contribution in [3.8, 4) is 27.9 Å². The Labute approximate surface area is 274 Å². The van der Waals surface area contributed by atoms with Gasteiger partial charge < -0.3 is 4.57 Å². The van der Waals surface area contributed by atoms with E-state index in [-0.39, 0.29) is 0 Å². The molecule has 0 N–H and O–H groups in total. The summed E-state index contributed by atoms with van der Waals surface area (Å²) in [5, 5.41) is 6.31. The van der Waals surface area contributed by atoms with Gasteiger partial charge in [-0.2, -0.15) is 0 Å². The van der Waals surface area contributed by atoms with Gasteiger partial charge in [0.1, 0.15) is 6.34 Å². The van der Waals surface area contributed by atoms with Crippen molar-refractivity contribution in [2.45, 2.75) is 6.92 Å². The molecule has 9 rings (SSSR count). The predicted octanol–water partition coefficient (Wildman–Crippen LogP) is 12.4. The molecular weight excluding hydrogens is 599 g/mol.